The number of rotatable bonds is 3. The SMILES string of the molecule is NCC(CC(F)(F)F)c1ccccc1Cl. The molecule has 0 heterocycles. The van der Waals surface area contributed by atoms with E-state index in [0.717, 1.165) is 0 Å². The maximum Gasteiger partial charge on any atom is 0.389 e. The highest BCUT2D eigenvalue weighted by atomic mass is 35.5. The summed E-state index contributed by atoms with van der Waals surface area (Å²) in [6.07, 6.45) is -5.16. The molecular formula is C10H11ClF3N. The number of benzene rings is 1. The number of alkyl halides is 3. The van der Waals surface area contributed by atoms with E-state index in [9.17, 15) is 13.2 Å². The lowest BCUT2D eigenvalue weighted by Gasteiger charge is -2.18. The molecule has 0 bridgehead atoms. The summed E-state index contributed by atoms with van der Waals surface area (Å²) in [6, 6.07) is 6.47. The highest BCUT2D eigenvalue weighted by Gasteiger charge is 2.32. The van der Waals surface area contributed by atoms with E-state index in [-0.39, 0.29) is 6.54 Å². The summed E-state index contributed by atoms with van der Waals surface area (Å²) in [4.78, 5) is 0. The molecule has 0 saturated carbocycles. The Morgan fingerprint density at radius 1 is 1.27 bits per heavy atom. The van der Waals surface area contributed by atoms with Crippen LogP contribution in [0.2, 0.25) is 5.02 Å². The Labute approximate surface area is 91.0 Å². The summed E-state index contributed by atoms with van der Waals surface area (Å²) >= 11 is 5.80. The van der Waals surface area contributed by atoms with Gasteiger partial charge in [-0.2, -0.15) is 13.2 Å². The lowest BCUT2D eigenvalue weighted by atomic mass is 9.95. The van der Waals surface area contributed by atoms with Crippen LogP contribution in [0, 0.1) is 0 Å². The van der Waals surface area contributed by atoms with Crippen LogP contribution in [0.5, 0.6) is 0 Å². The largest absolute Gasteiger partial charge is 0.389 e. The van der Waals surface area contributed by atoms with Crippen LogP contribution in [0.25, 0.3) is 0 Å². The van der Waals surface area contributed by atoms with Crippen molar-refractivity contribution in [3.8, 4) is 0 Å². The van der Waals surface area contributed by atoms with E-state index in [1.807, 2.05) is 0 Å². The first-order valence-corrected chi connectivity index (χ1v) is 4.83. The quantitative estimate of drug-likeness (QED) is 0.857. The fourth-order valence-corrected chi connectivity index (χ4v) is 1.70. The number of hydrogen-bond acceptors (Lipinski definition) is 1. The van der Waals surface area contributed by atoms with Gasteiger partial charge in [0.1, 0.15) is 0 Å². The van der Waals surface area contributed by atoms with E-state index in [1.165, 1.54) is 0 Å². The minimum Gasteiger partial charge on any atom is -0.330 e. The lowest BCUT2D eigenvalue weighted by Crippen LogP contribution is -2.20. The van der Waals surface area contributed by atoms with Gasteiger partial charge in [-0.1, -0.05) is 29.8 Å². The van der Waals surface area contributed by atoms with Crippen molar-refractivity contribution in [1.29, 1.82) is 0 Å². The van der Waals surface area contributed by atoms with Crippen LogP contribution < -0.4 is 5.73 Å². The lowest BCUT2D eigenvalue weighted by molar-refractivity contribution is -0.138. The molecule has 0 fully saturated rings. The molecule has 0 radical (unpaired) electrons. The second-order valence-corrected chi connectivity index (χ2v) is 3.68. The molecule has 5 heteroatoms. The van der Waals surface area contributed by atoms with Gasteiger partial charge in [0.05, 0.1) is 6.42 Å². The Bertz CT molecular complexity index is 325. The fourth-order valence-electron chi connectivity index (χ4n) is 1.41. The van der Waals surface area contributed by atoms with Gasteiger partial charge in [-0.25, -0.2) is 0 Å². The van der Waals surface area contributed by atoms with Crippen molar-refractivity contribution in [2.45, 2.75) is 18.5 Å². The normalized spacial score (nSPS) is 13.9. The van der Waals surface area contributed by atoms with Crippen molar-refractivity contribution >= 4 is 11.6 Å². The molecule has 1 nitrogen and oxygen atoms in total. The van der Waals surface area contributed by atoms with Crippen molar-refractivity contribution in [2.75, 3.05) is 6.54 Å². The summed E-state index contributed by atoms with van der Waals surface area (Å²) < 4.78 is 36.6. The molecule has 0 aliphatic heterocycles. The molecule has 0 aliphatic rings. The van der Waals surface area contributed by atoms with Crippen LogP contribution >= 0.6 is 11.6 Å². The topological polar surface area (TPSA) is 26.0 Å². The monoisotopic (exact) mass is 237 g/mol. The number of hydrogen-bond donors (Lipinski definition) is 1. The molecule has 84 valence electrons. The highest BCUT2D eigenvalue weighted by molar-refractivity contribution is 6.31. The predicted molar refractivity (Wildman–Crippen MR) is 53.9 cm³/mol. The van der Waals surface area contributed by atoms with Gasteiger partial charge in [0.25, 0.3) is 0 Å². The third kappa shape index (κ3) is 3.72. The maximum atomic E-state index is 12.2. The van der Waals surface area contributed by atoms with Gasteiger partial charge in [0, 0.05) is 10.9 Å². The Morgan fingerprint density at radius 2 is 1.87 bits per heavy atom. The summed E-state index contributed by atoms with van der Waals surface area (Å²) in [5.41, 5.74) is 5.78. The van der Waals surface area contributed by atoms with Crippen LogP contribution in [-0.4, -0.2) is 12.7 Å². The summed E-state index contributed by atoms with van der Waals surface area (Å²) in [7, 11) is 0. The molecule has 0 amide bonds. The third-order valence-corrected chi connectivity index (χ3v) is 2.45. The molecule has 15 heavy (non-hydrogen) atoms. The molecule has 1 atom stereocenters. The molecule has 0 aliphatic carbocycles. The van der Waals surface area contributed by atoms with Crippen molar-refractivity contribution in [1.82, 2.24) is 0 Å². The van der Waals surface area contributed by atoms with Crippen LogP contribution in [-0.2, 0) is 0 Å². The van der Waals surface area contributed by atoms with Gasteiger partial charge in [0.15, 0.2) is 0 Å². The van der Waals surface area contributed by atoms with Crippen LogP contribution in [0.3, 0.4) is 0 Å². The minimum absolute atomic E-state index is 0.0662. The number of nitrogens with two attached hydrogens (primary N) is 1. The first kappa shape index (κ1) is 12.3. The zero-order valence-corrected chi connectivity index (χ0v) is 8.65. The Kier molecular flexibility index (Phi) is 3.99. The molecule has 2 N–H and O–H groups in total. The molecular weight excluding hydrogens is 227 g/mol. The minimum atomic E-state index is -4.22. The van der Waals surface area contributed by atoms with E-state index in [1.54, 1.807) is 24.3 Å². The van der Waals surface area contributed by atoms with Crippen LogP contribution in [0.1, 0.15) is 17.9 Å². The average Bonchev–Trinajstić information content (AvgIpc) is 2.14. The zero-order chi connectivity index (χ0) is 11.5. The second-order valence-electron chi connectivity index (χ2n) is 3.27. The predicted octanol–water partition coefficient (Wildman–Crippen LogP) is 3.33. The Morgan fingerprint density at radius 3 is 2.33 bits per heavy atom. The van der Waals surface area contributed by atoms with Crippen molar-refractivity contribution in [3.05, 3.63) is 34.9 Å². The van der Waals surface area contributed by atoms with Gasteiger partial charge in [-0.3, -0.25) is 0 Å². The maximum absolute atomic E-state index is 12.2. The van der Waals surface area contributed by atoms with Gasteiger partial charge in [0.2, 0.25) is 0 Å². The van der Waals surface area contributed by atoms with E-state index < -0.39 is 18.5 Å². The van der Waals surface area contributed by atoms with Gasteiger partial charge in [-0.15, -0.1) is 0 Å². The fraction of sp³-hybridized carbons (Fsp3) is 0.400. The molecule has 1 aromatic rings. The van der Waals surface area contributed by atoms with Crippen molar-refractivity contribution in [3.63, 3.8) is 0 Å². The summed E-state index contributed by atoms with van der Waals surface area (Å²) in [5.74, 6) is -0.765. The smallest absolute Gasteiger partial charge is 0.330 e. The first-order chi connectivity index (χ1) is 6.94. The molecule has 1 rings (SSSR count). The van der Waals surface area contributed by atoms with E-state index in [0.29, 0.717) is 10.6 Å². The molecule has 1 aromatic carbocycles. The average molecular weight is 238 g/mol. The van der Waals surface area contributed by atoms with E-state index in [2.05, 4.69) is 0 Å². The summed E-state index contributed by atoms with van der Waals surface area (Å²) in [5, 5.41) is 0.331. The molecule has 0 saturated heterocycles. The summed E-state index contributed by atoms with van der Waals surface area (Å²) in [6.45, 7) is -0.0662. The van der Waals surface area contributed by atoms with E-state index in [4.69, 9.17) is 17.3 Å². The zero-order valence-electron chi connectivity index (χ0n) is 7.89. The molecule has 1 unspecified atom stereocenters. The Balaban J connectivity index is 2.88. The number of halogens is 4. The van der Waals surface area contributed by atoms with E-state index >= 15 is 0 Å². The van der Waals surface area contributed by atoms with Gasteiger partial charge in [-0.05, 0) is 18.2 Å². The highest BCUT2D eigenvalue weighted by Crippen LogP contribution is 2.33. The molecule has 0 aromatic heterocycles. The van der Waals surface area contributed by atoms with Crippen LogP contribution in [0.15, 0.2) is 24.3 Å². The van der Waals surface area contributed by atoms with Crippen molar-refractivity contribution in [2.24, 2.45) is 5.73 Å². The van der Waals surface area contributed by atoms with Crippen LogP contribution in [0.4, 0.5) is 13.2 Å². The Hall–Kier alpha value is -0.740. The second kappa shape index (κ2) is 4.86. The molecule has 0 spiro atoms. The van der Waals surface area contributed by atoms with Crippen molar-refractivity contribution < 1.29 is 13.2 Å². The van der Waals surface area contributed by atoms with Gasteiger partial charge < -0.3 is 5.73 Å². The van der Waals surface area contributed by atoms with Gasteiger partial charge >= 0.3 is 6.18 Å². The third-order valence-electron chi connectivity index (χ3n) is 2.11. The standard InChI is InChI=1S/C10H11ClF3N/c11-9-4-2-1-3-8(9)7(6-15)5-10(12,13)14/h1-4,7H,5-6,15H2. The first-order valence-electron chi connectivity index (χ1n) is 4.45.